The number of unbranched alkanes of at least 4 members (excludes halogenated alkanes) is 2. The molecule has 2 aromatic heterocycles. The molecule has 8 nitrogen and oxygen atoms in total. The monoisotopic (exact) mass is 509 g/mol. The second-order valence-electron chi connectivity index (χ2n) is 10.2. The van der Waals surface area contributed by atoms with Crippen molar-refractivity contribution in [1.29, 1.82) is 0 Å². The van der Waals surface area contributed by atoms with E-state index >= 15 is 0 Å². The summed E-state index contributed by atoms with van der Waals surface area (Å²) in [5.41, 5.74) is 2.65. The van der Waals surface area contributed by atoms with E-state index in [0.717, 1.165) is 44.2 Å². The van der Waals surface area contributed by atoms with E-state index in [1.807, 2.05) is 10.6 Å². The van der Waals surface area contributed by atoms with Gasteiger partial charge in [-0.3, -0.25) is 4.79 Å². The molecular weight excluding hydrogens is 473 g/mol. The maximum Gasteiger partial charge on any atom is 0.257 e. The second kappa shape index (κ2) is 11.1. The lowest BCUT2D eigenvalue weighted by Gasteiger charge is -2.35. The van der Waals surface area contributed by atoms with Gasteiger partial charge in [-0.2, -0.15) is 0 Å². The van der Waals surface area contributed by atoms with Gasteiger partial charge < -0.3 is 20.1 Å². The average molecular weight is 510 g/mol. The number of amides is 1. The van der Waals surface area contributed by atoms with Crippen LogP contribution in [0.4, 0.5) is 16.0 Å². The third kappa shape index (κ3) is 5.78. The van der Waals surface area contributed by atoms with Gasteiger partial charge in [0.1, 0.15) is 5.82 Å². The molecule has 198 valence electrons. The van der Waals surface area contributed by atoms with E-state index in [0.29, 0.717) is 35.9 Å². The van der Waals surface area contributed by atoms with Crippen molar-refractivity contribution < 1.29 is 18.7 Å². The fourth-order valence-electron chi connectivity index (χ4n) is 5.42. The molecule has 1 spiro atoms. The highest BCUT2D eigenvalue weighted by atomic mass is 19.1. The molecule has 1 aliphatic carbocycles. The van der Waals surface area contributed by atoms with E-state index in [4.69, 9.17) is 14.6 Å². The number of fused-ring (bicyclic) bond motifs is 1. The van der Waals surface area contributed by atoms with Gasteiger partial charge in [0, 0.05) is 36.2 Å². The van der Waals surface area contributed by atoms with Gasteiger partial charge in [-0.05, 0) is 56.5 Å². The largest absolute Gasteiger partial charge is 0.351 e. The van der Waals surface area contributed by atoms with Crippen molar-refractivity contribution in [3.63, 3.8) is 0 Å². The molecule has 1 aliphatic heterocycles. The van der Waals surface area contributed by atoms with Crippen LogP contribution in [0.2, 0.25) is 0 Å². The average Bonchev–Trinajstić information content (AvgIpc) is 3.51. The number of ether oxygens (including phenoxy) is 2. The second-order valence-corrected chi connectivity index (χ2v) is 10.2. The summed E-state index contributed by atoms with van der Waals surface area (Å²) < 4.78 is 27.0. The standard InChI is InChI=1S/C28H36FN5O3/c1-3-4-5-6-19(2)31-27-30-18-25-23(26(35)32-22-9-7-21(29)8-10-22)17-24(34(25)33-27)20-11-13-28(14-12-20)36-15-16-37-28/h7-10,17-20H,3-6,11-16H2,1-2H3,(H,31,33)(H,32,35). The molecule has 2 N–H and O–H groups in total. The predicted octanol–water partition coefficient (Wildman–Crippen LogP) is 5.90. The smallest absolute Gasteiger partial charge is 0.257 e. The van der Waals surface area contributed by atoms with E-state index < -0.39 is 5.79 Å². The number of hydrogen-bond acceptors (Lipinski definition) is 6. The highest BCUT2D eigenvalue weighted by Gasteiger charge is 2.41. The lowest BCUT2D eigenvalue weighted by molar-refractivity contribution is -0.179. The Labute approximate surface area is 216 Å². The van der Waals surface area contributed by atoms with Gasteiger partial charge in [-0.15, -0.1) is 5.10 Å². The number of halogens is 1. The molecule has 1 aromatic carbocycles. The highest BCUT2D eigenvalue weighted by Crippen LogP contribution is 2.43. The lowest BCUT2D eigenvalue weighted by atomic mass is 9.83. The molecule has 3 aromatic rings. The van der Waals surface area contributed by atoms with Crippen LogP contribution in [0.3, 0.4) is 0 Å². The van der Waals surface area contributed by atoms with Gasteiger partial charge in [0.25, 0.3) is 5.91 Å². The van der Waals surface area contributed by atoms with E-state index in [-0.39, 0.29) is 23.7 Å². The van der Waals surface area contributed by atoms with Crippen LogP contribution in [-0.4, -0.2) is 45.5 Å². The fraction of sp³-hybridized carbons (Fsp3) is 0.536. The van der Waals surface area contributed by atoms with Crippen LogP contribution in [-0.2, 0) is 9.47 Å². The van der Waals surface area contributed by atoms with Gasteiger partial charge in [0.2, 0.25) is 5.95 Å². The predicted molar refractivity (Wildman–Crippen MR) is 140 cm³/mol. The van der Waals surface area contributed by atoms with Crippen LogP contribution >= 0.6 is 0 Å². The number of nitrogens with zero attached hydrogens (tertiary/aromatic N) is 3. The first-order valence-corrected chi connectivity index (χ1v) is 13.5. The summed E-state index contributed by atoms with van der Waals surface area (Å²) in [6, 6.07) is 7.92. The van der Waals surface area contributed by atoms with Crippen molar-refractivity contribution in [1.82, 2.24) is 14.6 Å². The Morgan fingerprint density at radius 3 is 2.62 bits per heavy atom. The van der Waals surface area contributed by atoms with Gasteiger partial charge in [-0.25, -0.2) is 13.9 Å². The van der Waals surface area contributed by atoms with Crippen LogP contribution in [0.5, 0.6) is 0 Å². The number of carbonyl (C=O) groups excluding carboxylic acids is 1. The number of benzene rings is 1. The number of hydrogen-bond donors (Lipinski definition) is 2. The summed E-state index contributed by atoms with van der Waals surface area (Å²) in [5, 5.41) is 11.1. The maximum atomic E-state index is 13.3. The first-order valence-electron chi connectivity index (χ1n) is 13.5. The molecule has 37 heavy (non-hydrogen) atoms. The highest BCUT2D eigenvalue weighted by molar-refractivity contribution is 6.09. The first-order chi connectivity index (χ1) is 18.0. The van der Waals surface area contributed by atoms with Crippen molar-refractivity contribution in [3.8, 4) is 0 Å². The Morgan fingerprint density at radius 2 is 1.92 bits per heavy atom. The zero-order chi connectivity index (χ0) is 25.8. The first kappa shape index (κ1) is 25.6. The lowest BCUT2D eigenvalue weighted by Crippen LogP contribution is -2.34. The Kier molecular flexibility index (Phi) is 7.71. The topological polar surface area (TPSA) is 89.8 Å². The Balaban J connectivity index is 1.42. The van der Waals surface area contributed by atoms with Crippen LogP contribution in [0.25, 0.3) is 5.52 Å². The van der Waals surface area contributed by atoms with E-state index in [9.17, 15) is 9.18 Å². The van der Waals surface area contributed by atoms with Gasteiger partial charge >= 0.3 is 0 Å². The van der Waals surface area contributed by atoms with Crippen molar-refractivity contribution >= 4 is 23.1 Å². The van der Waals surface area contributed by atoms with Crippen LogP contribution in [0.15, 0.2) is 36.5 Å². The fourth-order valence-corrected chi connectivity index (χ4v) is 5.42. The molecular formula is C28H36FN5O3. The van der Waals surface area contributed by atoms with Crippen LogP contribution in [0, 0.1) is 5.82 Å². The van der Waals surface area contributed by atoms with Gasteiger partial charge in [0.15, 0.2) is 5.79 Å². The molecule has 1 saturated carbocycles. The van der Waals surface area contributed by atoms with E-state index in [2.05, 4.69) is 29.5 Å². The van der Waals surface area contributed by atoms with Gasteiger partial charge in [0.05, 0.1) is 30.5 Å². The molecule has 3 heterocycles. The minimum atomic E-state index is -0.456. The Morgan fingerprint density at radius 1 is 1.19 bits per heavy atom. The minimum absolute atomic E-state index is 0.211. The summed E-state index contributed by atoms with van der Waals surface area (Å²) in [6.45, 7) is 5.63. The van der Waals surface area contributed by atoms with Crippen LogP contribution < -0.4 is 10.6 Å². The van der Waals surface area contributed by atoms with Crippen molar-refractivity contribution in [2.24, 2.45) is 0 Å². The normalized spacial score (nSPS) is 18.4. The number of nitrogens with one attached hydrogen (secondary N) is 2. The van der Waals surface area contributed by atoms with Gasteiger partial charge in [-0.1, -0.05) is 26.2 Å². The maximum absolute atomic E-state index is 13.3. The van der Waals surface area contributed by atoms with E-state index in [1.165, 1.54) is 25.0 Å². The summed E-state index contributed by atoms with van der Waals surface area (Å²) in [5.74, 6) is -0.321. The summed E-state index contributed by atoms with van der Waals surface area (Å²) in [4.78, 5) is 17.8. The molecule has 5 rings (SSSR count). The summed E-state index contributed by atoms with van der Waals surface area (Å²) >= 11 is 0. The molecule has 1 saturated heterocycles. The zero-order valence-corrected chi connectivity index (χ0v) is 21.6. The molecule has 0 radical (unpaired) electrons. The third-order valence-corrected chi connectivity index (χ3v) is 7.49. The minimum Gasteiger partial charge on any atom is -0.351 e. The van der Waals surface area contributed by atoms with Crippen molar-refractivity contribution in [2.75, 3.05) is 23.8 Å². The zero-order valence-electron chi connectivity index (χ0n) is 21.6. The summed E-state index contributed by atoms with van der Waals surface area (Å²) in [7, 11) is 0. The molecule has 1 amide bonds. The van der Waals surface area contributed by atoms with Crippen LogP contribution in [0.1, 0.15) is 87.2 Å². The third-order valence-electron chi connectivity index (χ3n) is 7.49. The quantitative estimate of drug-likeness (QED) is 0.349. The Bertz CT molecular complexity index is 1210. The molecule has 1 atom stereocenters. The molecule has 2 aliphatic rings. The molecule has 1 unspecified atom stereocenters. The Hall–Kier alpha value is -3.04. The number of rotatable bonds is 9. The summed E-state index contributed by atoms with van der Waals surface area (Å²) in [6.07, 6.45) is 9.69. The van der Waals surface area contributed by atoms with Crippen molar-refractivity contribution in [3.05, 3.63) is 53.6 Å². The van der Waals surface area contributed by atoms with E-state index in [1.54, 1.807) is 18.3 Å². The number of anilines is 2. The molecule has 0 bridgehead atoms. The number of carbonyl (C=O) groups is 1. The number of aromatic nitrogens is 3. The van der Waals surface area contributed by atoms with Crippen molar-refractivity contribution in [2.45, 2.75) is 83.0 Å². The SMILES string of the molecule is CCCCCC(C)Nc1ncc2c(C(=O)Nc3ccc(F)cc3)cc(C3CCC4(CC3)OCCO4)n2n1. The molecule has 2 fully saturated rings. The molecule has 9 heteroatoms.